The number of H-pyrrole nitrogens is 1. The minimum Gasteiger partial charge on any atom is -0.364 e. The fraction of sp³-hybridized carbons (Fsp3) is 0.105. The highest BCUT2D eigenvalue weighted by Gasteiger charge is 2.07. The molecule has 4 aromatic rings. The van der Waals surface area contributed by atoms with E-state index in [1.54, 1.807) is 18.3 Å². The Morgan fingerprint density at radius 3 is 2.85 bits per heavy atom. The lowest BCUT2D eigenvalue weighted by atomic mass is 10.1. The molecule has 0 aliphatic carbocycles. The van der Waals surface area contributed by atoms with Crippen molar-refractivity contribution in [3.8, 4) is 0 Å². The topological polar surface area (TPSA) is 66.5 Å². The van der Waals surface area contributed by atoms with Crippen LogP contribution in [0.5, 0.6) is 0 Å². The molecule has 0 saturated heterocycles. The van der Waals surface area contributed by atoms with Crippen molar-refractivity contribution in [3.05, 3.63) is 82.8 Å². The Kier molecular flexibility index (Phi) is 4.50. The Morgan fingerprint density at radius 1 is 1.12 bits per heavy atom. The van der Waals surface area contributed by atoms with Gasteiger partial charge in [-0.15, -0.1) is 0 Å². The SMILES string of the molecule is Fc1cccc(CNc2ccc(Cc3c[nH]c4ncc(Cl)cc34)cn2)n1. The third kappa shape index (κ3) is 3.65. The van der Waals surface area contributed by atoms with Crippen LogP contribution in [0.4, 0.5) is 10.2 Å². The Balaban J connectivity index is 1.44. The van der Waals surface area contributed by atoms with Gasteiger partial charge in [-0.3, -0.25) is 0 Å². The Hall–Kier alpha value is -2.99. The highest BCUT2D eigenvalue weighted by molar-refractivity contribution is 6.31. The summed E-state index contributed by atoms with van der Waals surface area (Å²) >= 11 is 6.04. The molecule has 0 radical (unpaired) electrons. The molecule has 0 bridgehead atoms. The molecule has 0 fully saturated rings. The Labute approximate surface area is 154 Å². The van der Waals surface area contributed by atoms with E-state index in [0.29, 0.717) is 23.1 Å². The third-order valence-electron chi connectivity index (χ3n) is 4.03. The molecule has 4 aromatic heterocycles. The van der Waals surface area contributed by atoms with Crippen molar-refractivity contribution >= 4 is 28.5 Å². The molecule has 2 N–H and O–H groups in total. The average molecular weight is 368 g/mol. The average Bonchev–Trinajstić information content (AvgIpc) is 3.03. The number of pyridine rings is 3. The van der Waals surface area contributed by atoms with E-state index in [-0.39, 0.29) is 0 Å². The second-order valence-electron chi connectivity index (χ2n) is 5.90. The number of aromatic nitrogens is 4. The van der Waals surface area contributed by atoms with E-state index in [9.17, 15) is 4.39 Å². The zero-order valence-corrected chi connectivity index (χ0v) is 14.5. The number of halogens is 2. The zero-order valence-electron chi connectivity index (χ0n) is 13.7. The van der Waals surface area contributed by atoms with Gasteiger partial charge in [-0.05, 0) is 35.4 Å². The number of rotatable bonds is 5. The largest absolute Gasteiger partial charge is 0.364 e. The molecule has 0 amide bonds. The van der Waals surface area contributed by atoms with Crippen molar-refractivity contribution in [3.63, 3.8) is 0 Å². The van der Waals surface area contributed by atoms with E-state index in [1.807, 2.05) is 30.6 Å². The van der Waals surface area contributed by atoms with E-state index in [2.05, 4.69) is 25.3 Å². The normalized spacial score (nSPS) is 11.0. The quantitative estimate of drug-likeness (QED) is 0.515. The summed E-state index contributed by atoms with van der Waals surface area (Å²) in [5.41, 5.74) is 3.62. The molecule has 7 heteroatoms. The molecule has 0 aliphatic heterocycles. The first-order chi connectivity index (χ1) is 12.7. The number of hydrogen-bond acceptors (Lipinski definition) is 4. The number of nitrogens with zero attached hydrogens (tertiary/aromatic N) is 3. The summed E-state index contributed by atoms with van der Waals surface area (Å²) in [7, 11) is 0. The second kappa shape index (κ2) is 7.09. The highest BCUT2D eigenvalue weighted by atomic mass is 35.5. The summed E-state index contributed by atoms with van der Waals surface area (Å²) in [5.74, 6) is 0.226. The molecule has 4 rings (SSSR count). The minimum atomic E-state index is -0.485. The fourth-order valence-corrected chi connectivity index (χ4v) is 2.92. The third-order valence-corrected chi connectivity index (χ3v) is 4.23. The van der Waals surface area contributed by atoms with Gasteiger partial charge in [-0.25, -0.2) is 15.0 Å². The molecule has 4 heterocycles. The lowest BCUT2D eigenvalue weighted by Gasteiger charge is -2.06. The molecule has 0 aromatic carbocycles. The van der Waals surface area contributed by atoms with E-state index >= 15 is 0 Å². The van der Waals surface area contributed by atoms with E-state index in [0.717, 1.165) is 28.6 Å². The minimum absolute atomic E-state index is 0.413. The van der Waals surface area contributed by atoms with Crippen LogP contribution in [0.25, 0.3) is 11.0 Å². The van der Waals surface area contributed by atoms with E-state index < -0.39 is 5.95 Å². The summed E-state index contributed by atoms with van der Waals surface area (Å²) in [6.45, 7) is 0.413. The van der Waals surface area contributed by atoms with Crippen LogP contribution >= 0.6 is 11.6 Å². The van der Waals surface area contributed by atoms with Crippen molar-refractivity contribution in [1.29, 1.82) is 0 Å². The van der Waals surface area contributed by atoms with Crippen molar-refractivity contribution in [2.45, 2.75) is 13.0 Å². The molecule has 130 valence electrons. The summed E-state index contributed by atoms with van der Waals surface area (Å²) in [6.07, 6.45) is 6.11. The van der Waals surface area contributed by atoms with Crippen molar-refractivity contribution < 1.29 is 4.39 Å². The summed E-state index contributed by atoms with van der Waals surface area (Å²) < 4.78 is 13.1. The first kappa shape index (κ1) is 16.5. The van der Waals surface area contributed by atoms with Crippen LogP contribution < -0.4 is 5.32 Å². The number of anilines is 1. The number of fused-ring (bicyclic) bond motifs is 1. The van der Waals surface area contributed by atoms with Gasteiger partial charge in [-0.1, -0.05) is 23.7 Å². The van der Waals surface area contributed by atoms with Gasteiger partial charge in [0.1, 0.15) is 11.5 Å². The van der Waals surface area contributed by atoms with Gasteiger partial charge in [0, 0.05) is 30.4 Å². The standard InChI is InChI=1S/C19H15ClFN5/c20-14-7-16-13(9-24-19(16)25-10-14)6-12-4-5-18(22-8-12)23-11-15-2-1-3-17(21)26-15/h1-5,7-10H,6,11H2,(H,22,23)(H,24,25). The highest BCUT2D eigenvalue weighted by Crippen LogP contribution is 2.22. The van der Waals surface area contributed by atoms with E-state index in [1.165, 1.54) is 6.07 Å². The predicted octanol–water partition coefficient (Wildman–Crippen LogP) is 4.35. The molecular formula is C19H15ClFN5. The molecular weight excluding hydrogens is 353 g/mol. The number of aromatic amines is 1. The van der Waals surface area contributed by atoms with Crippen LogP contribution in [0.1, 0.15) is 16.8 Å². The molecule has 0 atom stereocenters. The lowest BCUT2D eigenvalue weighted by Crippen LogP contribution is -2.04. The Bertz CT molecular complexity index is 1050. The van der Waals surface area contributed by atoms with Crippen molar-refractivity contribution in [2.24, 2.45) is 0 Å². The Morgan fingerprint density at radius 2 is 2.04 bits per heavy atom. The molecule has 0 unspecified atom stereocenters. The predicted molar refractivity (Wildman–Crippen MR) is 99.7 cm³/mol. The number of hydrogen-bond donors (Lipinski definition) is 2. The monoisotopic (exact) mass is 367 g/mol. The lowest BCUT2D eigenvalue weighted by molar-refractivity contribution is 0.578. The van der Waals surface area contributed by atoms with Crippen LogP contribution in [0.15, 0.2) is 55.0 Å². The van der Waals surface area contributed by atoms with Crippen molar-refractivity contribution in [1.82, 2.24) is 19.9 Å². The van der Waals surface area contributed by atoms with Crippen molar-refractivity contribution in [2.75, 3.05) is 5.32 Å². The molecule has 26 heavy (non-hydrogen) atoms. The van der Waals surface area contributed by atoms with E-state index in [4.69, 9.17) is 11.6 Å². The maximum Gasteiger partial charge on any atom is 0.213 e. The van der Waals surface area contributed by atoms with Gasteiger partial charge in [0.25, 0.3) is 0 Å². The smallest absolute Gasteiger partial charge is 0.213 e. The van der Waals surface area contributed by atoms with Gasteiger partial charge in [0.2, 0.25) is 5.95 Å². The fourth-order valence-electron chi connectivity index (χ4n) is 2.76. The first-order valence-corrected chi connectivity index (χ1v) is 8.47. The van der Waals surface area contributed by atoms with Gasteiger partial charge < -0.3 is 10.3 Å². The summed E-state index contributed by atoms with van der Waals surface area (Å²) in [5, 5.41) is 4.76. The van der Waals surface area contributed by atoms with Crippen LogP contribution in [0, 0.1) is 5.95 Å². The van der Waals surface area contributed by atoms with Gasteiger partial charge in [-0.2, -0.15) is 4.39 Å². The molecule has 5 nitrogen and oxygen atoms in total. The molecule has 0 saturated carbocycles. The maximum atomic E-state index is 13.1. The molecule has 0 aliphatic rings. The van der Waals surface area contributed by atoms with Gasteiger partial charge in [0.05, 0.1) is 17.3 Å². The number of nitrogens with one attached hydrogen (secondary N) is 2. The van der Waals surface area contributed by atoms with Gasteiger partial charge in [0.15, 0.2) is 0 Å². The second-order valence-corrected chi connectivity index (χ2v) is 6.33. The van der Waals surface area contributed by atoms with Gasteiger partial charge >= 0.3 is 0 Å². The zero-order chi connectivity index (χ0) is 17.9. The van der Waals surface area contributed by atoms with Crippen LogP contribution in [0.2, 0.25) is 5.02 Å². The first-order valence-electron chi connectivity index (χ1n) is 8.09. The van der Waals surface area contributed by atoms with Crippen LogP contribution in [-0.2, 0) is 13.0 Å². The molecule has 0 spiro atoms. The summed E-state index contributed by atoms with van der Waals surface area (Å²) in [4.78, 5) is 15.6. The van der Waals surface area contributed by atoms with Crippen LogP contribution in [0.3, 0.4) is 0 Å². The van der Waals surface area contributed by atoms with Crippen LogP contribution in [-0.4, -0.2) is 19.9 Å². The maximum absolute atomic E-state index is 13.1. The summed E-state index contributed by atoms with van der Waals surface area (Å²) in [6, 6.07) is 10.5.